The molecule has 0 bridgehead atoms. The highest BCUT2D eigenvalue weighted by Crippen LogP contribution is 2.22. The van der Waals surface area contributed by atoms with Gasteiger partial charge in [-0.15, -0.1) is 0 Å². The summed E-state index contributed by atoms with van der Waals surface area (Å²) in [7, 11) is 0. The van der Waals surface area contributed by atoms with Gasteiger partial charge in [-0.2, -0.15) is 0 Å². The van der Waals surface area contributed by atoms with Crippen molar-refractivity contribution in [3.63, 3.8) is 0 Å². The minimum atomic E-state index is -0.204. The minimum absolute atomic E-state index is 0.00709. The predicted molar refractivity (Wildman–Crippen MR) is 71.8 cm³/mol. The molecule has 1 amide bonds. The summed E-state index contributed by atoms with van der Waals surface area (Å²) in [5.74, 6) is -0.166. The van der Waals surface area contributed by atoms with Crippen LogP contribution in [0.15, 0.2) is 48.5 Å². The maximum Gasteiger partial charge on any atom is 0.224 e. The van der Waals surface area contributed by atoms with E-state index in [9.17, 15) is 15.0 Å². The number of hydrogen-bond acceptors (Lipinski definition) is 3. The monoisotopic (exact) mass is 257 g/mol. The Morgan fingerprint density at radius 2 is 1.79 bits per heavy atom. The fraction of sp³-hybridized carbons (Fsp3) is 0.133. The highest BCUT2D eigenvalue weighted by molar-refractivity contribution is 5.79. The molecular weight excluding hydrogens is 242 g/mol. The molecule has 0 aliphatic heterocycles. The average molecular weight is 257 g/mol. The van der Waals surface area contributed by atoms with Crippen molar-refractivity contribution in [3.8, 4) is 11.5 Å². The van der Waals surface area contributed by atoms with Gasteiger partial charge < -0.3 is 15.5 Å². The Labute approximate surface area is 111 Å². The molecule has 19 heavy (non-hydrogen) atoms. The van der Waals surface area contributed by atoms with E-state index in [0.717, 1.165) is 5.56 Å². The highest BCUT2D eigenvalue weighted by atomic mass is 16.3. The standard InChI is InChI=1S/C15H15NO3/c17-13-6-7-14(18)12(8-13)9-15(19)16-10-11-4-2-1-3-5-11/h1-8,17-18H,9-10H2,(H,16,19). The summed E-state index contributed by atoms with van der Waals surface area (Å²) >= 11 is 0. The number of aromatic hydroxyl groups is 2. The number of phenolic OH excluding ortho intramolecular Hbond substituents is 2. The first-order valence-corrected chi connectivity index (χ1v) is 5.96. The maximum absolute atomic E-state index is 11.7. The largest absolute Gasteiger partial charge is 0.508 e. The SMILES string of the molecule is O=C(Cc1cc(O)ccc1O)NCc1ccccc1. The van der Waals surface area contributed by atoms with Crippen LogP contribution in [0.5, 0.6) is 11.5 Å². The molecule has 4 heteroatoms. The molecule has 4 nitrogen and oxygen atoms in total. The summed E-state index contributed by atoms with van der Waals surface area (Å²) in [6, 6.07) is 13.7. The third kappa shape index (κ3) is 3.74. The van der Waals surface area contributed by atoms with Crippen LogP contribution in [-0.2, 0) is 17.8 Å². The van der Waals surface area contributed by atoms with Gasteiger partial charge in [-0.05, 0) is 23.8 Å². The van der Waals surface area contributed by atoms with Crippen LogP contribution in [0.3, 0.4) is 0 Å². The van der Waals surface area contributed by atoms with Crippen molar-refractivity contribution in [2.75, 3.05) is 0 Å². The Kier molecular flexibility index (Phi) is 4.03. The molecule has 0 heterocycles. The molecule has 2 rings (SSSR count). The Hall–Kier alpha value is -2.49. The maximum atomic E-state index is 11.7. The van der Waals surface area contributed by atoms with Crippen LogP contribution in [-0.4, -0.2) is 16.1 Å². The van der Waals surface area contributed by atoms with Gasteiger partial charge in [0, 0.05) is 12.1 Å². The van der Waals surface area contributed by atoms with E-state index in [0.29, 0.717) is 12.1 Å². The molecular formula is C15H15NO3. The van der Waals surface area contributed by atoms with Gasteiger partial charge in [0.2, 0.25) is 5.91 Å². The van der Waals surface area contributed by atoms with Crippen molar-refractivity contribution in [2.24, 2.45) is 0 Å². The van der Waals surface area contributed by atoms with E-state index in [-0.39, 0.29) is 23.8 Å². The van der Waals surface area contributed by atoms with Gasteiger partial charge >= 0.3 is 0 Å². The summed E-state index contributed by atoms with van der Waals surface area (Å²) in [5.41, 5.74) is 1.42. The van der Waals surface area contributed by atoms with E-state index in [1.54, 1.807) is 0 Å². The highest BCUT2D eigenvalue weighted by Gasteiger charge is 2.08. The predicted octanol–water partition coefficient (Wildman–Crippen LogP) is 1.96. The van der Waals surface area contributed by atoms with Gasteiger partial charge in [0.25, 0.3) is 0 Å². The van der Waals surface area contributed by atoms with Crippen LogP contribution in [0.1, 0.15) is 11.1 Å². The first kappa shape index (κ1) is 13.0. The van der Waals surface area contributed by atoms with Crippen molar-refractivity contribution < 1.29 is 15.0 Å². The zero-order chi connectivity index (χ0) is 13.7. The molecule has 0 aliphatic carbocycles. The van der Waals surface area contributed by atoms with Crippen molar-refractivity contribution in [2.45, 2.75) is 13.0 Å². The summed E-state index contributed by atoms with van der Waals surface area (Å²) in [6.07, 6.45) is 0.0348. The number of rotatable bonds is 4. The summed E-state index contributed by atoms with van der Waals surface area (Å²) < 4.78 is 0. The molecule has 0 spiro atoms. The molecule has 0 unspecified atom stereocenters. The van der Waals surface area contributed by atoms with Crippen LogP contribution >= 0.6 is 0 Å². The van der Waals surface area contributed by atoms with Crippen LogP contribution in [0.4, 0.5) is 0 Å². The van der Waals surface area contributed by atoms with E-state index in [4.69, 9.17) is 0 Å². The van der Waals surface area contributed by atoms with E-state index < -0.39 is 0 Å². The number of benzene rings is 2. The second-order valence-corrected chi connectivity index (χ2v) is 4.25. The van der Waals surface area contributed by atoms with E-state index in [1.165, 1.54) is 18.2 Å². The van der Waals surface area contributed by atoms with Crippen LogP contribution in [0, 0.1) is 0 Å². The Balaban J connectivity index is 1.93. The normalized spacial score (nSPS) is 10.1. The van der Waals surface area contributed by atoms with Gasteiger partial charge in [0.05, 0.1) is 6.42 Å². The van der Waals surface area contributed by atoms with Gasteiger partial charge in [0.15, 0.2) is 0 Å². The van der Waals surface area contributed by atoms with Crippen molar-refractivity contribution in [1.82, 2.24) is 5.32 Å². The average Bonchev–Trinajstić information content (AvgIpc) is 2.42. The Morgan fingerprint density at radius 3 is 2.53 bits per heavy atom. The fourth-order valence-corrected chi connectivity index (χ4v) is 1.75. The second kappa shape index (κ2) is 5.91. The number of hydrogen-bond donors (Lipinski definition) is 3. The summed E-state index contributed by atoms with van der Waals surface area (Å²) in [5, 5.41) is 21.7. The Bertz CT molecular complexity index is 567. The first-order valence-electron chi connectivity index (χ1n) is 5.96. The van der Waals surface area contributed by atoms with Crippen LogP contribution in [0.25, 0.3) is 0 Å². The lowest BCUT2D eigenvalue weighted by Gasteiger charge is -2.07. The van der Waals surface area contributed by atoms with Gasteiger partial charge in [-0.1, -0.05) is 30.3 Å². The smallest absolute Gasteiger partial charge is 0.224 e. The van der Waals surface area contributed by atoms with E-state index >= 15 is 0 Å². The summed E-state index contributed by atoms with van der Waals surface area (Å²) in [6.45, 7) is 0.444. The van der Waals surface area contributed by atoms with Gasteiger partial charge in [-0.3, -0.25) is 4.79 Å². The van der Waals surface area contributed by atoms with Crippen molar-refractivity contribution in [1.29, 1.82) is 0 Å². The molecule has 0 aliphatic rings. The molecule has 0 saturated carbocycles. The lowest BCUT2D eigenvalue weighted by molar-refractivity contribution is -0.120. The molecule has 0 fully saturated rings. The molecule has 0 atom stereocenters. The van der Waals surface area contributed by atoms with E-state index in [2.05, 4.69) is 5.32 Å². The van der Waals surface area contributed by atoms with Crippen molar-refractivity contribution in [3.05, 3.63) is 59.7 Å². The van der Waals surface area contributed by atoms with Crippen LogP contribution < -0.4 is 5.32 Å². The molecule has 0 aromatic heterocycles. The number of carbonyl (C=O) groups is 1. The molecule has 98 valence electrons. The Morgan fingerprint density at radius 1 is 1.05 bits per heavy atom. The zero-order valence-corrected chi connectivity index (χ0v) is 10.3. The summed E-state index contributed by atoms with van der Waals surface area (Å²) in [4.78, 5) is 11.7. The number of carbonyl (C=O) groups excluding carboxylic acids is 1. The third-order valence-electron chi connectivity index (χ3n) is 2.75. The van der Waals surface area contributed by atoms with E-state index in [1.807, 2.05) is 30.3 Å². The molecule has 3 N–H and O–H groups in total. The molecule has 2 aromatic carbocycles. The number of phenols is 2. The third-order valence-corrected chi connectivity index (χ3v) is 2.75. The fourth-order valence-electron chi connectivity index (χ4n) is 1.75. The molecule has 0 radical (unpaired) electrons. The lowest BCUT2D eigenvalue weighted by atomic mass is 10.1. The quantitative estimate of drug-likeness (QED) is 0.733. The van der Waals surface area contributed by atoms with Gasteiger partial charge in [-0.25, -0.2) is 0 Å². The minimum Gasteiger partial charge on any atom is -0.508 e. The second-order valence-electron chi connectivity index (χ2n) is 4.25. The zero-order valence-electron chi connectivity index (χ0n) is 10.3. The topological polar surface area (TPSA) is 69.6 Å². The van der Waals surface area contributed by atoms with Crippen molar-refractivity contribution >= 4 is 5.91 Å². The lowest BCUT2D eigenvalue weighted by Crippen LogP contribution is -2.24. The first-order chi connectivity index (χ1) is 9.15. The number of nitrogens with one attached hydrogen (secondary N) is 1. The molecule has 2 aromatic rings. The van der Waals surface area contributed by atoms with Crippen LogP contribution in [0.2, 0.25) is 0 Å². The number of amides is 1. The molecule has 0 saturated heterocycles. The van der Waals surface area contributed by atoms with Gasteiger partial charge in [0.1, 0.15) is 11.5 Å².